The van der Waals surface area contributed by atoms with Crippen LogP contribution in [0.25, 0.3) is 0 Å². The van der Waals surface area contributed by atoms with Crippen molar-refractivity contribution in [2.24, 2.45) is 0 Å². The summed E-state index contributed by atoms with van der Waals surface area (Å²) in [5.74, 6) is 0.0436. The number of carbonyl (C=O) groups is 1. The summed E-state index contributed by atoms with van der Waals surface area (Å²) in [6.07, 6.45) is 0. The second kappa shape index (κ2) is 9.22. The molecule has 1 unspecified atom stereocenters. The lowest BCUT2D eigenvalue weighted by Gasteiger charge is -2.25. The van der Waals surface area contributed by atoms with Gasteiger partial charge in [0.15, 0.2) is 0 Å². The number of nitrogens with zero attached hydrogens (tertiary/aromatic N) is 1. The van der Waals surface area contributed by atoms with E-state index in [9.17, 15) is 4.79 Å². The van der Waals surface area contributed by atoms with Gasteiger partial charge >= 0.3 is 0 Å². The summed E-state index contributed by atoms with van der Waals surface area (Å²) >= 11 is 3.43. The van der Waals surface area contributed by atoms with Crippen LogP contribution in [0.4, 0.5) is 5.69 Å². The second-order valence-electron chi connectivity index (χ2n) is 6.07. The molecule has 1 atom stereocenters. The molecular weight excluding hydrogens is 402 g/mol. The van der Waals surface area contributed by atoms with Crippen LogP contribution >= 0.6 is 28.3 Å². The number of rotatable bonds is 4. The molecule has 1 heterocycles. The SMILES string of the molecule is CC(NC(=O)CN1CCNCc2ccccc21)c1ccc(Br)cc1.Cl. The summed E-state index contributed by atoms with van der Waals surface area (Å²) in [4.78, 5) is 14.7. The average molecular weight is 425 g/mol. The maximum absolute atomic E-state index is 12.5. The van der Waals surface area contributed by atoms with Crippen molar-refractivity contribution < 1.29 is 4.79 Å². The van der Waals surface area contributed by atoms with E-state index in [1.807, 2.05) is 43.3 Å². The maximum Gasteiger partial charge on any atom is 0.239 e. The molecular formula is C19H23BrClN3O. The molecule has 2 aromatic carbocycles. The lowest BCUT2D eigenvalue weighted by Crippen LogP contribution is -2.40. The minimum Gasteiger partial charge on any atom is -0.361 e. The summed E-state index contributed by atoms with van der Waals surface area (Å²) < 4.78 is 1.04. The summed E-state index contributed by atoms with van der Waals surface area (Å²) in [7, 11) is 0. The molecule has 6 heteroatoms. The maximum atomic E-state index is 12.5. The van der Waals surface area contributed by atoms with Crippen LogP contribution in [0, 0.1) is 0 Å². The first-order chi connectivity index (χ1) is 11.6. The molecule has 0 bridgehead atoms. The molecule has 0 aliphatic carbocycles. The lowest BCUT2D eigenvalue weighted by atomic mass is 10.1. The Labute approximate surface area is 163 Å². The zero-order valence-electron chi connectivity index (χ0n) is 14.2. The Bertz CT molecular complexity index is 708. The van der Waals surface area contributed by atoms with Gasteiger partial charge in [-0.2, -0.15) is 0 Å². The van der Waals surface area contributed by atoms with Gasteiger partial charge in [-0.15, -0.1) is 12.4 Å². The van der Waals surface area contributed by atoms with Gasteiger partial charge in [0.1, 0.15) is 0 Å². The van der Waals surface area contributed by atoms with Gasteiger partial charge in [0.25, 0.3) is 0 Å². The van der Waals surface area contributed by atoms with Gasteiger partial charge in [-0.1, -0.05) is 46.3 Å². The van der Waals surface area contributed by atoms with Crippen LogP contribution in [0.1, 0.15) is 24.1 Å². The molecule has 25 heavy (non-hydrogen) atoms. The van der Waals surface area contributed by atoms with Gasteiger partial charge < -0.3 is 15.5 Å². The van der Waals surface area contributed by atoms with Crippen LogP contribution in [0.3, 0.4) is 0 Å². The van der Waals surface area contributed by atoms with Gasteiger partial charge in [0, 0.05) is 29.8 Å². The van der Waals surface area contributed by atoms with E-state index >= 15 is 0 Å². The van der Waals surface area contributed by atoms with E-state index in [-0.39, 0.29) is 24.4 Å². The normalized spacial score (nSPS) is 14.7. The molecule has 2 N–H and O–H groups in total. The fraction of sp³-hybridized carbons (Fsp3) is 0.316. The van der Waals surface area contributed by atoms with E-state index in [0.717, 1.165) is 35.4 Å². The largest absolute Gasteiger partial charge is 0.361 e. The molecule has 0 fully saturated rings. The minimum atomic E-state index is -0.00838. The molecule has 0 aromatic heterocycles. The van der Waals surface area contributed by atoms with E-state index in [1.54, 1.807) is 0 Å². The van der Waals surface area contributed by atoms with Crippen molar-refractivity contribution in [1.29, 1.82) is 0 Å². The van der Waals surface area contributed by atoms with Crippen LogP contribution in [-0.4, -0.2) is 25.5 Å². The number of fused-ring (bicyclic) bond motifs is 1. The molecule has 0 radical (unpaired) electrons. The molecule has 0 spiro atoms. The van der Waals surface area contributed by atoms with E-state index < -0.39 is 0 Å². The third-order valence-electron chi connectivity index (χ3n) is 4.29. The highest BCUT2D eigenvalue weighted by Crippen LogP contribution is 2.22. The first-order valence-electron chi connectivity index (χ1n) is 8.22. The molecule has 4 nitrogen and oxygen atoms in total. The van der Waals surface area contributed by atoms with Gasteiger partial charge in [0.05, 0.1) is 12.6 Å². The Morgan fingerprint density at radius 3 is 2.72 bits per heavy atom. The van der Waals surface area contributed by atoms with Crippen LogP contribution in [0.15, 0.2) is 53.0 Å². The van der Waals surface area contributed by atoms with E-state index in [4.69, 9.17) is 0 Å². The predicted molar refractivity (Wildman–Crippen MR) is 108 cm³/mol. The summed E-state index contributed by atoms with van der Waals surface area (Å²) in [5, 5.41) is 6.50. The Hall–Kier alpha value is -1.56. The van der Waals surface area contributed by atoms with Crippen LogP contribution < -0.4 is 15.5 Å². The van der Waals surface area contributed by atoms with Crippen molar-refractivity contribution in [3.05, 3.63) is 64.1 Å². The highest BCUT2D eigenvalue weighted by Gasteiger charge is 2.18. The number of benzene rings is 2. The number of anilines is 1. The number of hydrogen-bond acceptors (Lipinski definition) is 3. The number of amides is 1. The van der Waals surface area contributed by atoms with Crippen molar-refractivity contribution in [3.63, 3.8) is 0 Å². The van der Waals surface area contributed by atoms with Gasteiger partial charge in [-0.3, -0.25) is 4.79 Å². The Morgan fingerprint density at radius 2 is 1.96 bits per heavy atom. The summed E-state index contributed by atoms with van der Waals surface area (Å²) in [5.41, 5.74) is 3.49. The molecule has 1 aliphatic rings. The summed E-state index contributed by atoms with van der Waals surface area (Å²) in [6, 6.07) is 16.3. The number of nitrogens with one attached hydrogen (secondary N) is 2. The van der Waals surface area contributed by atoms with Crippen molar-refractivity contribution in [3.8, 4) is 0 Å². The van der Waals surface area contributed by atoms with Crippen LogP contribution in [0.2, 0.25) is 0 Å². The first kappa shape index (κ1) is 19.8. The molecule has 0 saturated carbocycles. The van der Waals surface area contributed by atoms with Crippen molar-refractivity contribution in [2.75, 3.05) is 24.5 Å². The average Bonchev–Trinajstić information content (AvgIpc) is 2.78. The van der Waals surface area contributed by atoms with E-state index in [2.05, 4.69) is 43.6 Å². The fourth-order valence-corrected chi connectivity index (χ4v) is 3.25. The minimum absolute atomic E-state index is 0. The standard InChI is InChI=1S/C19H22BrN3O.ClH/c1-14(15-6-8-17(20)9-7-15)22-19(24)13-23-11-10-21-12-16-4-2-3-5-18(16)23;/h2-9,14,21H,10-13H2,1H3,(H,22,24);1H. The van der Waals surface area contributed by atoms with Gasteiger partial charge in [-0.05, 0) is 36.2 Å². The lowest BCUT2D eigenvalue weighted by molar-refractivity contribution is -0.120. The van der Waals surface area contributed by atoms with Crippen molar-refractivity contribution >= 4 is 39.9 Å². The highest BCUT2D eigenvalue weighted by molar-refractivity contribution is 9.10. The quantitative estimate of drug-likeness (QED) is 0.787. The van der Waals surface area contributed by atoms with Crippen molar-refractivity contribution in [2.45, 2.75) is 19.5 Å². The van der Waals surface area contributed by atoms with Crippen LogP contribution in [-0.2, 0) is 11.3 Å². The molecule has 2 aromatic rings. The zero-order valence-corrected chi connectivity index (χ0v) is 16.6. The number of hydrogen-bond donors (Lipinski definition) is 2. The molecule has 0 saturated heterocycles. The smallest absolute Gasteiger partial charge is 0.239 e. The Morgan fingerprint density at radius 1 is 1.24 bits per heavy atom. The number of halogens is 2. The number of para-hydroxylation sites is 1. The first-order valence-corrected chi connectivity index (χ1v) is 9.01. The van der Waals surface area contributed by atoms with E-state index in [1.165, 1.54) is 5.56 Å². The van der Waals surface area contributed by atoms with Crippen LogP contribution in [0.5, 0.6) is 0 Å². The zero-order chi connectivity index (χ0) is 16.9. The van der Waals surface area contributed by atoms with E-state index in [0.29, 0.717) is 6.54 Å². The molecule has 134 valence electrons. The third-order valence-corrected chi connectivity index (χ3v) is 4.82. The molecule has 3 rings (SSSR count). The summed E-state index contributed by atoms with van der Waals surface area (Å²) in [6.45, 7) is 4.95. The van der Waals surface area contributed by atoms with Gasteiger partial charge in [-0.25, -0.2) is 0 Å². The van der Waals surface area contributed by atoms with Gasteiger partial charge in [0.2, 0.25) is 5.91 Å². The second-order valence-corrected chi connectivity index (χ2v) is 6.98. The predicted octanol–water partition coefficient (Wildman–Crippen LogP) is 3.66. The van der Waals surface area contributed by atoms with Crippen molar-refractivity contribution in [1.82, 2.24) is 10.6 Å². The Balaban J connectivity index is 0.00000225. The topological polar surface area (TPSA) is 44.4 Å². The third kappa shape index (κ3) is 5.21. The fourth-order valence-electron chi connectivity index (χ4n) is 2.99. The number of carbonyl (C=O) groups excluding carboxylic acids is 1. The monoisotopic (exact) mass is 423 g/mol. The molecule has 1 amide bonds. The Kier molecular flexibility index (Phi) is 7.29. The molecule has 1 aliphatic heterocycles. The highest BCUT2D eigenvalue weighted by atomic mass is 79.9.